The monoisotopic (exact) mass is 442 g/mol. The molecule has 2 heterocycles. The summed E-state index contributed by atoms with van der Waals surface area (Å²) in [6.07, 6.45) is 4.53. The van der Waals surface area contributed by atoms with Gasteiger partial charge >= 0.3 is 0 Å². The number of aryl methyl sites for hydroxylation is 1. The number of thioether (sulfide) groups is 1. The number of carbonyl (C=O) groups excluding carboxylic acids is 1. The molecule has 0 saturated heterocycles. The number of nitrogens with one attached hydrogen (secondary N) is 1. The number of thiophene rings is 1. The zero-order valence-corrected chi connectivity index (χ0v) is 19.1. The average Bonchev–Trinajstić information content (AvgIpc) is 3.49. The molecule has 8 heteroatoms. The van der Waals surface area contributed by atoms with Crippen molar-refractivity contribution in [2.24, 2.45) is 0 Å². The Morgan fingerprint density at radius 3 is 2.80 bits per heavy atom. The van der Waals surface area contributed by atoms with Crippen LogP contribution >= 0.6 is 23.1 Å². The van der Waals surface area contributed by atoms with Gasteiger partial charge in [-0.3, -0.25) is 9.36 Å². The molecule has 6 nitrogen and oxygen atoms in total. The Bertz CT molecular complexity index is 1010. The van der Waals surface area contributed by atoms with Crippen molar-refractivity contribution in [3.8, 4) is 22.1 Å². The van der Waals surface area contributed by atoms with Gasteiger partial charge in [0.05, 0.1) is 22.9 Å². The molecule has 4 rings (SSSR count). The lowest BCUT2D eigenvalue weighted by Gasteiger charge is -2.18. The van der Waals surface area contributed by atoms with Gasteiger partial charge in [-0.05, 0) is 55.8 Å². The van der Waals surface area contributed by atoms with Crippen LogP contribution in [0.1, 0.15) is 38.2 Å². The lowest BCUT2D eigenvalue weighted by Crippen LogP contribution is -2.37. The Morgan fingerprint density at radius 2 is 2.10 bits per heavy atom. The summed E-state index contributed by atoms with van der Waals surface area (Å²) in [4.78, 5) is 13.8. The molecule has 158 valence electrons. The Kier molecular flexibility index (Phi) is 6.43. The summed E-state index contributed by atoms with van der Waals surface area (Å²) in [6.45, 7) is 3.97. The molecule has 0 radical (unpaired) electrons. The van der Waals surface area contributed by atoms with Gasteiger partial charge in [-0.2, -0.15) is 0 Å². The number of aromatic nitrogens is 3. The first-order chi connectivity index (χ1) is 14.6. The molecule has 1 fully saturated rings. The van der Waals surface area contributed by atoms with Gasteiger partial charge in [0.2, 0.25) is 5.91 Å². The largest absolute Gasteiger partial charge is 0.495 e. The third-order valence-corrected chi connectivity index (χ3v) is 7.21. The van der Waals surface area contributed by atoms with Crippen molar-refractivity contribution in [2.75, 3.05) is 7.11 Å². The normalized spacial score (nSPS) is 15.3. The van der Waals surface area contributed by atoms with Gasteiger partial charge in [-0.15, -0.1) is 21.5 Å². The maximum atomic E-state index is 12.8. The zero-order valence-electron chi connectivity index (χ0n) is 17.4. The van der Waals surface area contributed by atoms with Crippen molar-refractivity contribution in [3.63, 3.8) is 0 Å². The summed E-state index contributed by atoms with van der Waals surface area (Å²) in [6, 6.07) is 10.4. The van der Waals surface area contributed by atoms with Gasteiger partial charge < -0.3 is 10.1 Å². The number of benzene rings is 1. The van der Waals surface area contributed by atoms with Crippen LogP contribution in [0.5, 0.6) is 5.75 Å². The van der Waals surface area contributed by atoms with Crippen LogP contribution in [0.4, 0.5) is 0 Å². The summed E-state index contributed by atoms with van der Waals surface area (Å²) in [5.74, 6) is 1.54. The van der Waals surface area contributed by atoms with Crippen molar-refractivity contribution in [3.05, 3.63) is 41.3 Å². The third kappa shape index (κ3) is 4.39. The molecule has 1 aliphatic carbocycles. The molecule has 30 heavy (non-hydrogen) atoms. The lowest BCUT2D eigenvalue weighted by molar-refractivity contribution is -0.120. The van der Waals surface area contributed by atoms with E-state index in [-0.39, 0.29) is 11.2 Å². The molecule has 0 spiro atoms. The van der Waals surface area contributed by atoms with Gasteiger partial charge in [-0.1, -0.05) is 36.7 Å². The highest BCUT2D eigenvalue weighted by molar-refractivity contribution is 8.00. The quantitative estimate of drug-likeness (QED) is 0.530. The van der Waals surface area contributed by atoms with Crippen molar-refractivity contribution in [1.82, 2.24) is 20.1 Å². The number of carbonyl (C=O) groups is 1. The molecule has 1 atom stereocenters. The predicted molar refractivity (Wildman–Crippen MR) is 122 cm³/mol. The molecular formula is C22H26N4O2S2. The second-order valence-electron chi connectivity index (χ2n) is 7.54. The highest BCUT2D eigenvalue weighted by atomic mass is 32.2. The van der Waals surface area contributed by atoms with E-state index in [1.54, 1.807) is 18.4 Å². The first-order valence-electron chi connectivity index (χ1n) is 10.2. The number of ether oxygens (including phenoxy) is 1. The maximum Gasteiger partial charge on any atom is 0.233 e. The molecule has 0 aliphatic heterocycles. The lowest BCUT2D eigenvalue weighted by atomic mass is 10.2. The van der Waals surface area contributed by atoms with Crippen molar-refractivity contribution in [2.45, 2.75) is 56.0 Å². The smallest absolute Gasteiger partial charge is 0.233 e. The van der Waals surface area contributed by atoms with Gasteiger partial charge in [-0.25, -0.2) is 0 Å². The van der Waals surface area contributed by atoms with Crippen LogP contribution in [0.2, 0.25) is 0 Å². The van der Waals surface area contributed by atoms with E-state index in [1.165, 1.54) is 24.6 Å². The second-order valence-corrected chi connectivity index (χ2v) is 9.80. The van der Waals surface area contributed by atoms with E-state index in [0.29, 0.717) is 11.2 Å². The number of nitrogens with zero attached hydrogens (tertiary/aromatic N) is 3. The maximum absolute atomic E-state index is 12.8. The minimum Gasteiger partial charge on any atom is -0.495 e. The van der Waals surface area contributed by atoms with E-state index < -0.39 is 0 Å². The number of methoxy groups -OCH3 is 1. The van der Waals surface area contributed by atoms with Crippen LogP contribution in [-0.4, -0.2) is 39.1 Å². The van der Waals surface area contributed by atoms with E-state index >= 15 is 0 Å². The number of hydrogen-bond donors (Lipinski definition) is 1. The van der Waals surface area contributed by atoms with Gasteiger partial charge in [0, 0.05) is 6.04 Å². The van der Waals surface area contributed by atoms with Crippen LogP contribution in [0.3, 0.4) is 0 Å². The first kappa shape index (κ1) is 20.9. The van der Waals surface area contributed by atoms with E-state index in [9.17, 15) is 4.79 Å². The second kappa shape index (κ2) is 9.22. The first-order valence-corrected chi connectivity index (χ1v) is 11.9. The van der Waals surface area contributed by atoms with Gasteiger partial charge in [0.1, 0.15) is 5.75 Å². The highest BCUT2D eigenvalue weighted by Crippen LogP contribution is 2.36. The Hall–Kier alpha value is -2.32. The summed E-state index contributed by atoms with van der Waals surface area (Å²) in [5.41, 5.74) is 1.98. The Morgan fingerprint density at radius 1 is 1.30 bits per heavy atom. The number of amides is 1. The summed E-state index contributed by atoms with van der Waals surface area (Å²) in [5, 5.41) is 14.5. The fourth-order valence-electron chi connectivity index (χ4n) is 3.70. The average molecular weight is 443 g/mol. The highest BCUT2D eigenvalue weighted by Gasteiger charge is 2.26. The van der Waals surface area contributed by atoms with E-state index in [2.05, 4.69) is 21.6 Å². The van der Waals surface area contributed by atoms with Gasteiger partial charge in [0.25, 0.3) is 0 Å². The third-order valence-electron chi connectivity index (χ3n) is 5.30. The molecule has 1 saturated carbocycles. The van der Waals surface area contributed by atoms with Crippen LogP contribution in [0, 0.1) is 6.92 Å². The molecule has 2 aromatic heterocycles. The minimum atomic E-state index is -0.277. The van der Waals surface area contributed by atoms with Crippen molar-refractivity contribution in [1.29, 1.82) is 0 Å². The van der Waals surface area contributed by atoms with E-state index in [1.807, 2.05) is 48.1 Å². The molecule has 0 bridgehead atoms. The number of rotatable bonds is 7. The van der Waals surface area contributed by atoms with Crippen molar-refractivity contribution < 1.29 is 9.53 Å². The van der Waals surface area contributed by atoms with Crippen LogP contribution < -0.4 is 10.1 Å². The van der Waals surface area contributed by atoms with Crippen LogP contribution in [0.25, 0.3) is 16.4 Å². The van der Waals surface area contributed by atoms with E-state index in [4.69, 9.17) is 4.74 Å². The standard InChI is InChI=1S/C22H26N4O2S2/c1-14-10-11-18(28-3)17(13-14)26-20(19-9-6-12-29-19)24-25-22(26)30-15(2)21(27)23-16-7-4-5-8-16/h6,9-13,15-16H,4-5,7-8H2,1-3H3,(H,23,27). The minimum absolute atomic E-state index is 0.0512. The molecule has 3 aromatic rings. The van der Waals surface area contributed by atoms with Gasteiger partial charge in [0.15, 0.2) is 11.0 Å². The molecule has 1 aromatic carbocycles. The van der Waals surface area contributed by atoms with E-state index in [0.717, 1.165) is 40.5 Å². The number of hydrogen-bond acceptors (Lipinski definition) is 6. The SMILES string of the molecule is COc1ccc(C)cc1-n1c(SC(C)C(=O)NC2CCCC2)nnc1-c1cccs1. The molecule has 1 aliphatic rings. The fourth-order valence-corrected chi connectivity index (χ4v) is 5.27. The van der Waals surface area contributed by atoms with Crippen LogP contribution in [0.15, 0.2) is 40.9 Å². The molecule has 1 N–H and O–H groups in total. The molecule has 1 unspecified atom stereocenters. The summed E-state index contributed by atoms with van der Waals surface area (Å²) in [7, 11) is 1.66. The topological polar surface area (TPSA) is 69.0 Å². The fraction of sp³-hybridized carbons (Fsp3) is 0.409. The predicted octanol–water partition coefficient (Wildman–Crippen LogP) is 4.85. The van der Waals surface area contributed by atoms with Crippen molar-refractivity contribution >= 4 is 29.0 Å². The molecule has 1 amide bonds. The molecular weight excluding hydrogens is 416 g/mol. The Balaban J connectivity index is 1.68. The zero-order chi connectivity index (χ0) is 21.1. The Labute approximate surface area is 185 Å². The summed E-state index contributed by atoms with van der Waals surface area (Å²) < 4.78 is 7.63. The summed E-state index contributed by atoms with van der Waals surface area (Å²) >= 11 is 3.04. The van der Waals surface area contributed by atoms with Crippen LogP contribution in [-0.2, 0) is 4.79 Å².